The van der Waals surface area contributed by atoms with Gasteiger partial charge in [-0.3, -0.25) is 0 Å². The number of imidazole rings is 1. The van der Waals surface area contributed by atoms with Crippen LogP contribution in [0.15, 0.2) is 23.6 Å². The van der Waals surface area contributed by atoms with E-state index in [0.717, 1.165) is 29.1 Å². The van der Waals surface area contributed by atoms with Crippen LogP contribution < -0.4 is 0 Å². The van der Waals surface area contributed by atoms with Crippen molar-refractivity contribution in [2.45, 2.75) is 20.4 Å². The van der Waals surface area contributed by atoms with E-state index in [1.807, 2.05) is 18.4 Å². The normalized spacial score (nSPS) is 11.0. The molecule has 0 unspecified atom stereocenters. The highest BCUT2D eigenvalue weighted by molar-refractivity contribution is 7.03. The Bertz CT molecular complexity index is 780. The summed E-state index contributed by atoms with van der Waals surface area (Å²) in [6.45, 7) is 4.96. The zero-order valence-electron chi connectivity index (χ0n) is 11.7. The molecule has 3 aromatic rings. The second-order valence-corrected chi connectivity index (χ2v) is 5.00. The number of carbonyl (C=O) groups excluding carboxylic acids is 1. The quantitative estimate of drug-likeness (QED) is 0.693. The Morgan fingerprint density at radius 3 is 2.90 bits per heavy atom. The van der Waals surface area contributed by atoms with Crippen LogP contribution in [0, 0.1) is 0 Å². The van der Waals surface area contributed by atoms with Gasteiger partial charge in [-0.25, -0.2) is 9.78 Å². The third-order valence-corrected chi connectivity index (χ3v) is 3.67. The Morgan fingerprint density at radius 1 is 1.38 bits per heavy atom. The van der Waals surface area contributed by atoms with Crippen molar-refractivity contribution in [1.29, 1.82) is 0 Å². The number of nitrogens with zero attached hydrogens (tertiary/aromatic N) is 4. The number of carbonyl (C=O) groups is 1. The number of aryl methyl sites for hydroxylation is 1. The molecule has 0 aliphatic rings. The van der Waals surface area contributed by atoms with Gasteiger partial charge in [0.1, 0.15) is 5.69 Å². The lowest BCUT2D eigenvalue weighted by Crippen LogP contribution is -2.04. The molecule has 3 rings (SSSR count). The van der Waals surface area contributed by atoms with Gasteiger partial charge in [-0.05, 0) is 43.6 Å². The Morgan fingerprint density at radius 2 is 2.24 bits per heavy atom. The van der Waals surface area contributed by atoms with Crippen molar-refractivity contribution in [1.82, 2.24) is 19.1 Å². The van der Waals surface area contributed by atoms with Crippen LogP contribution in [0.2, 0.25) is 0 Å². The largest absolute Gasteiger partial charge is 0.462 e. The molecule has 6 nitrogen and oxygen atoms in total. The second-order valence-electron chi connectivity index (χ2n) is 4.39. The van der Waals surface area contributed by atoms with Crippen molar-refractivity contribution >= 4 is 28.5 Å². The number of aromatic nitrogens is 4. The molecule has 0 aliphatic carbocycles. The van der Waals surface area contributed by atoms with Crippen molar-refractivity contribution in [2.24, 2.45) is 0 Å². The summed E-state index contributed by atoms with van der Waals surface area (Å²) in [6, 6.07) is 5.40. The topological polar surface area (TPSA) is 69.9 Å². The third-order valence-electron chi connectivity index (χ3n) is 3.16. The summed E-state index contributed by atoms with van der Waals surface area (Å²) in [5.74, 6) is 0.435. The molecule has 21 heavy (non-hydrogen) atoms. The molecule has 0 fully saturated rings. The zero-order chi connectivity index (χ0) is 14.8. The van der Waals surface area contributed by atoms with Crippen LogP contribution in [0.1, 0.15) is 24.2 Å². The average Bonchev–Trinajstić information content (AvgIpc) is 3.13. The summed E-state index contributed by atoms with van der Waals surface area (Å²) in [6.07, 6.45) is 0. The van der Waals surface area contributed by atoms with Crippen LogP contribution >= 0.6 is 11.5 Å². The number of fused-ring (bicyclic) bond motifs is 1. The molecule has 1 aromatic carbocycles. The maximum Gasteiger partial charge on any atom is 0.338 e. The highest BCUT2D eigenvalue weighted by Crippen LogP contribution is 2.25. The van der Waals surface area contributed by atoms with Crippen LogP contribution in [0.3, 0.4) is 0 Å². The number of hydrogen-bond acceptors (Lipinski definition) is 6. The average molecular weight is 302 g/mol. The number of esters is 1. The maximum atomic E-state index is 11.8. The van der Waals surface area contributed by atoms with Crippen LogP contribution in [-0.2, 0) is 11.3 Å². The Labute approximate surface area is 125 Å². The molecular weight excluding hydrogens is 288 g/mol. The Balaban J connectivity index is 2.13. The first kappa shape index (κ1) is 13.7. The van der Waals surface area contributed by atoms with Gasteiger partial charge in [0, 0.05) is 11.9 Å². The van der Waals surface area contributed by atoms with E-state index in [2.05, 4.69) is 19.1 Å². The lowest BCUT2D eigenvalue weighted by molar-refractivity contribution is 0.0526. The molecule has 0 aliphatic heterocycles. The van der Waals surface area contributed by atoms with Crippen LogP contribution in [0.5, 0.6) is 0 Å². The predicted octanol–water partition coefficient (Wildman–Crippen LogP) is 2.75. The molecule has 0 N–H and O–H groups in total. The minimum Gasteiger partial charge on any atom is -0.462 e. The lowest BCUT2D eigenvalue weighted by Gasteiger charge is -2.04. The minimum atomic E-state index is -0.331. The highest BCUT2D eigenvalue weighted by atomic mass is 32.1. The van der Waals surface area contributed by atoms with Gasteiger partial charge in [-0.1, -0.05) is 4.49 Å². The fourth-order valence-corrected chi connectivity index (χ4v) is 2.68. The summed E-state index contributed by atoms with van der Waals surface area (Å²) >= 11 is 1.29. The number of rotatable bonds is 4. The molecule has 0 spiro atoms. The van der Waals surface area contributed by atoms with Gasteiger partial charge in [0.05, 0.1) is 23.2 Å². The Hall–Kier alpha value is -2.28. The molecule has 0 radical (unpaired) electrons. The fourth-order valence-electron chi connectivity index (χ4n) is 2.25. The summed E-state index contributed by atoms with van der Waals surface area (Å²) < 4.78 is 11.0. The van der Waals surface area contributed by atoms with Gasteiger partial charge < -0.3 is 9.30 Å². The van der Waals surface area contributed by atoms with Gasteiger partial charge >= 0.3 is 5.97 Å². The summed E-state index contributed by atoms with van der Waals surface area (Å²) in [7, 11) is 0. The fraction of sp³-hybridized carbons (Fsp3) is 0.286. The van der Waals surface area contributed by atoms with E-state index in [-0.39, 0.29) is 5.97 Å². The minimum absolute atomic E-state index is 0.331. The highest BCUT2D eigenvalue weighted by Gasteiger charge is 2.15. The molecule has 7 heteroatoms. The first-order valence-corrected chi connectivity index (χ1v) is 7.53. The van der Waals surface area contributed by atoms with Crippen LogP contribution in [0.4, 0.5) is 0 Å². The molecule has 0 bridgehead atoms. The number of ether oxygens (including phenoxy) is 1. The molecule has 108 valence electrons. The second kappa shape index (κ2) is 5.61. The summed E-state index contributed by atoms with van der Waals surface area (Å²) in [4.78, 5) is 16.4. The molecule has 0 saturated carbocycles. The van der Waals surface area contributed by atoms with E-state index in [1.165, 1.54) is 11.5 Å². The van der Waals surface area contributed by atoms with Gasteiger partial charge in [-0.2, -0.15) is 0 Å². The van der Waals surface area contributed by atoms with E-state index in [9.17, 15) is 4.79 Å². The summed E-state index contributed by atoms with van der Waals surface area (Å²) in [5, 5.41) is 5.93. The van der Waals surface area contributed by atoms with E-state index in [4.69, 9.17) is 4.74 Å². The van der Waals surface area contributed by atoms with Crippen LogP contribution in [0.25, 0.3) is 22.6 Å². The molecule has 2 aromatic heterocycles. The summed E-state index contributed by atoms with van der Waals surface area (Å²) in [5.41, 5.74) is 2.97. The molecule has 0 amide bonds. The first-order chi connectivity index (χ1) is 10.2. The van der Waals surface area contributed by atoms with Crippen molar-refractivity contribution < 1.29 is 9.53 Å². The smallest absolute Gasteiger partial charge is 0.338 e. The number of benzene rings is 1. The van der Waals surface area contributed by atoms with Crippen LogP contribution in [-0.4, -0.2) is 31.7 Å². The zero-order valence-corrected chi connectivity index (χ0v) is 12.6. The standard InChI is InChI=1S/C14H14N4O2S/c1-3-18-12-6-5-9(14(19)20-4-2)7-10(12)15-13(18)11-8-21-17-16-11/h5-8H,3-4H2,1-2H3. The monoisotopic (exact) mass is 302 g/mol. The molecule has 2 heterocycles. The number of hydrogen-bond donors (Lipinski definition) is 0. The van der Waals surface area contributed by atoms with Gasteiger partial charge in [0.25, 0.3) is 0 Å². The van der Waals surface area contributed by atoms with Gasteiger partial charge in [0.2, 0.25) is 0 Å². The lowest BCUT2D eigenvalue weighted by atomic mass is 10.2. The first-order valence-electron chi connectivity index (χ1n) is 6.69. The Kier molecular flexibility index (Phi) is 3.66. The maximum absolute atomic E-state index is 11.8. The molecule has 0 saturated heterocycles. The van der Waals surface area contributed by atoms with E-state index >= 15 is 0 Å². The SMILES string of the molecule is CCOC(=O)c1ccc2c(c1)nc(-c1csnn1)n2CC. The molecule has 0 atom stereocenters. The predicted molar refractivity (Wildman–Crippen MR) is 80.3 cm³/mol. The van der Waals surface area contributed by atoms with Crippen molar-refractivity contribution in [2.75, 3.05) is 6.61 Å². The van der Waals surface area contributed by atoms with E-state index in [0.29, 0.717) is 12.2 Å². The van der Waals surface area contributed by atoms with Crippen molar-refractivity contribution in [3.63, 3.8) is 0 Å². The van der Waals surface area contributed by atoms with Crippen molar-refractivity contribution in [3.05, 3.63) is 29.1 Å². The third kappa shape index (κ3) is 2.40. The van der Waals surface area contributed by atoms with E-state index in [1.54, 1.807) is 19.1 Å². The molecular formula is C14H14N4O2S. The van der Waals surface area contributed by atoms with Crippen molar-refractivity contribution in [3.8, 4) is 11.5 Å². The van der Waals surface area contributed by atoms with Gasteiger partial charge in [0.15, 0.2) is 5.82 Å². The van der Waals surface area contributed by atoms with Gasteiger partial charge in [-0.15, -0.1) is 5.10 Å². The van der Waals surface area contributed by atoms with E-state index < -0.39 is 0 Å².